The molecule has 118 valence electrons. The standard InChI is InChI=1S/2C10H15.Gd/c2*1-7-6-10(4,5)9(3)8(7)2;/h2*1-5H3;. The number of hydrogen-bond donors (Lipinski definition) is 0. The molecule has 0 amide bonds. The van der Waals surface area contributed by atoms with E-state index in [0.717, 1.165) is 0 Å². The topological polar surface area (TPSA) is 0 Å². The van der Waals surface area contributed by atoms with Crippen molar-refractivity contribution < 1.29 is 35.9 Å². The Balaban J connectivity index is 2.47. The van der Waals surface area contributed by atoms with E-state index in [1.807, 2.05) is 0 Å². The Morgan fingerprint density at radius 3 is 1.00 bits per heavy atom. The molecule has 2 aliphatic carbocycles. The van der Waals surface area contributed by atoms with Crippen molar-refractivity contribution in [1.82, 2.24) is 0 Å². The maximum absolute atomic E-state index is 2.43. The van der Waals surface area contributed by atoms with Crippen LogP contribution in [0.4, 0.5) is 0 Å². The fourth-order valence-corrected chi connectivity index (χ4v) is 8.06. The van der Waals surface area contributed by atoms with Crippen LogP contribution in [0.2, 0.25) is 0 Å². The van der Waals surface area contributed by atoms with Crippen LogP contribution in [0.3, 0.4) is 0 Å². The van der Waals surface area contributed by atoms with Crippen LogP contribution in [0.25, 0.3) is 0 Å². The summed E-state index contributed by atoms with van der Waals surface area (Å²) in [5.74, 6) is 0. The van der Waals surface area contributed by atoms with E-state index in [9.17, 15) is 0 Å². The quantitative estimate of drug-likeness (QED) is 0.480. The average Bonchev–Trinajstić information content (AvgIpc) is 2.63. The van der Waals surface area contributed by atoms with Gasteiger partial charge in [-0.05, 0) is 0 Å². The first-order chi connectivity index (χ1) is 9.44. The monoisotopic (exact) mass is 428 g/mol. The van der Waals surface area contributed by atoms with E-state index < -0.39 is 35.9 Å². The summed E-state index contributed by atoms with van der Waals surface area (Å²) in [6.45, 7) is 23.7. The Morgan fingerprint density at radius 2 is 0.810 bits per heavy atom. The zero-order valence-corrected chi connectivity index (χ0v) is 17.6. The molecular formula is C20H30Gd. The zero-order valence-electron chi connectivity index (χ0n) is 15.4. The number of allylic oxidation sites excluding steroid dienone is 8. The van der Waals surface area contributed by atoms with E-state index in [1.54, 1.807) is 25.0 Å². The second-order valence-corrected chi connectivity index (χ2v) is 10.5. The fourth-order valence-electron chi connectivity index (χ4n) is 3.52. The van der Waals surface area contributed by atoms with Crippen molar-refractivity contribution in [2.24, 2.45) is 10.8 Å². The van der Waals surface area contributed by atoms with E-state index in [2.05, 4.69) is 69.2 Å². The van der Waals surface area contributed by atoms with Crippen molar-refractivity contribution in [1.29, 1.82) is 0 Å². The Hall–Kier alpha value is 0.285. The van der Waals surface area contributed by atoms with Gasteiger partial charge in [0, 0.05) is 0 Å². The molecule has 0 radical (unpaired) electrons. The molecule has 21 heavy (non-hydrogen) atoms. The summed E-state index contributed by atoms with van der Waals surface area (Å²) in [5, 5.41) is 0. The van der Waals surface area contributed by atoms with Crippen molar-refractivity contribution >= 4 is 0 Å². The van der Waals surface area contributed by atoms with Gasteiger partial charge in [0.15, 0.2) is 0 Å². The molecule has 0 fully saturated rings. The predicted molar refractivity (Wildman–Crippen MR) is 89.7 cm³/mol. The van der Waals surface area contributed by atoms with Crippen molar-refractivity contribution in [2.75, 3.05) is 0 Å². The molecule has 0 aliphatic heterocycles. The van der Waals surface area contributed by atoms with Crippen molar-refractivity contribution in [2.45, 2.75) is 69.2 Å². The molecule has 0 aromatic carbocycles. The summed E-state index contributed by atoms with van der Waals surface area (Å²) in [5.41, 5.74) is 9.96. The maximum atomic E-state index is 2.43. The molecule has 0 unspecified atom stereocenters. The van der Waals surface area contributed by atoms with Gasteiger partial charge in [0.2, 0.25) is 0 Å². The van der Waals surface area contributed by atoms with E-state index >= 15 is 0 Å². The Labute approximate surface area is 151 Å². The SMILES string of the molecule is CC1=C(C)C(C)(C)[C]([Gd][C]2=C(C)C(C)=C(C)C2(C)C)=C1C. The summed E-state index contributed by atoms with van der Waals surface area (Å²) in [4.78, 5) is 0. The van der Waals surface area contributed by atoms with E-state index in [0.29, 0.717) is 0 Å². The summed E-state index contributed by atoms with van der Waals surface area (Å²) in [6.07, 6.45) is 0. The van der Waals surface area contributed by atoms with Crippen LogP contribution in [-0.2, 0) is 0 Å². The van der Waals surface area contributed by atoms with Crippen molar-refractivity contribution in [3.63, 3.8) is 0 Å². The van der Waals surface area contributed by atoms with Gasteiger partial charge in [0.25, 0.3) is 0 Å². The fraction of sp³-hybridized carbons (Fsp3) is 0.600. The number of hydrogen-bond acceptors (Lipinski definition) is 0. The first-order valence-electron chi connectivity index (χ1n) is 7.85. The van der Waals surface area contributed by atoms with E-state index in [1.165, 1.54) is 11.1 Å². The molecule has 0 aromatic rings. The van der Waals surface area contributed by atoms with Gasteiger partial charge in [-0.3, -0.25) is 0 Å². The van der Waals surface area contributed by atoms with Crippen LogP contribution in [0.1, 0.15) is 69.2 Å². The van der Waals surface area contributed by atoms with Gasteiger partial charge < -0.3 is 0 Å². The molecule has 0 spiro atoms. The summed E-state index contributed by atoms with van der Waals surface area (Å²) >= 11 is -0.390. The predicted octanol–water partition coefficient (Wildman–Crippen LogP) is 6.37. The van der Waals surface area contributed by atoms with Crippen LogP contribution in [-0.4, -0.2) is 0 Å². The van der Waals surface area contributed by atoms with Crippen LogP contribution in [0.5, 0.6) is 0 Å². The summed E-state index contributed by atoms with van der Waals surface area (Å²) in [7, 11) is 0. The molecule has 0 aromatic heterocycles. The minimum atomic E-state index is -0.390. The van der Waals surface area contributed by atoms with Gasteiger partial charge in [0.1, 0.15) is 0 Å². The molecule has 1 heteroatoms. The van der Waals surface area contributed by atoms with Gasteiger partial charge in [-0.1, -0.05) is 0 Å². The zero-order chi connectivity index (χ0) is 16.3. The Kier molecular flexibility index (Phi) is 4.56. The van der Waals surface area contributed by atoms with Gasteiger partial charge in [-0.25, -0.2) is 0 Å². The molecule has 0 bridgehead atoms. The van der Waals surface area contributed by atoms with Gasteiger partial charge in [0.05, 0.1) is 0 Å². The van der Waals surface area contributed by atoms with Gasteiger partial charge >= 0.3 is 152 Å². The molecule has 2 aliphatic rings. The Morgan fingerprint density at radius 1 is 0.524 bits per heavy atom. The Bertz CT molecular complexity index is 575. The third-order valence-corrected chi connectivity index (χ3v) is 11.7. The summed E-state index contributed by atoms with van der Waals surface area (Å²) < 4.78 is 3.53. The van der Waals surface area contributed by atoms with E-state index in [-0.39, 0.29) is 10.8 Å². The molecule has 0 N–H and O–H groups in total. The molecular weight excluding hydrogens is 397 g/mol. The third kappa shape index (κ3) is 2.48. The molecule has 0 saturated carbocycles. The molecule has 0 saturated heterocycles. The first-order valence-corrected chi connectivity index (χ1v) is 10.1. The first kappa shape index (κ1) is 17.6. The van der Waals surface area contributed by atoms with Crippen molar-refractivity contribution in [3.8, 4) is 0 Å². The second kappa shape index (κ2) is 5.43. The molecule has 0 heterocycles. The average molecular weight is 428 g/mol. The van der Waals surface area contributed by atoms with Gasteiger partial charge in [-0.15, -0.1) is 0 Å². The molecule has 0 nitrogen and oxygen atoms in total. The van der Waals surface area contributed by atoms with Crippen LogP contribution >= 0.6 is 0 Å². The third-order valence-electron chi connectivity index (χ3n) is 6.01. The van der Waals surface area contributed by atoms with Gasteiger partial charge in [-0.2, -0.15) is 0 Å². The van der Waals surface area contributed by atoms with Crippen LogP contribution < -0.4 is 0 Å². The number of rotatable bonds is 2. The van der Waals surface area contributed by atoms with Crippen LogP contribution in [0, 0.1) is 46.7 Å². The normalized spacial score (nSPS) is 25.0. The van der Waals surface area contributed by atoms with Crippen molar-refractivity contribution in [3.05, 3.63) is 36.1 Å². The molecule has 2 rings (SSSR count). The second-order valence-electron chi connectivity index (χ2n) is 7.69. The molecule has 0 atom stereocenters. The summed E-state index contributed by atoms with van der Waals surface area (Å²) in [6, 6.07) is 0. The van der Waals surface area contributed by atoms with Crippen LogP contribution in [0.15, 0.2) is 36.1 Å². The van der Waals surface area contributed by atoms with E-state index in [4.69, 9.17) is 0 Å². The minimum absolute atomic E-state index is 0.272.